The third kappa shape index (κ3) is 10.8. The lowest BCUT2D eigenvalue weighted by atomic mass is 9.88. The summed E-state index contributed by atoms with van der Waals surface area (Å²) in [5, 5.41) is 0. The Morgan fingerprint density at radius 2 is 0.855 bits per heavy atom. The number of benzene rings is 8. The van der Waals surface area contributed by atoms with E-state index in [0.717, 1.165) is 76.4 Å². The van der Waals surface area contributed by atoms with Gasteiger partial charge >= 0.3 is 0 Å². The van der Waals surface area contributed by atoms with Gasteiger partial charge in [-0.2, -0.15) is 0 Å². The molecule has 2 heterocycles. The van der Waals surface area contributed by atoms with Crippen LogP contribution in [0, 0.1) is 0 Å². The number of rotatable bonds is 15. The first-order valence-electron chi connectivity index (χ1n) is 23.9. The maximum atomic E-state index is 5.74. The van der Waals surface area contributed by atoms with E-state index in [0.29, 0.717) is 24.4 Å². The molecule has 0 radical (unpaired) electrons. The predicted molar refractivity (Wildman–Crippen MR) is 287 cm³/mol. The highest BCUT2D eigenvalue weighted by Crippen LogP contribution is 2.38. The van der Waals surface area contributed by atoms with Gasteiger partial charge in [0.25, 0.3) is 0 Å². The standard InChI is InChI=1S/C63H54N6/c1-9-26-49(27-10-1)44-45-51(50-28-11-2-12-29-50)46-52-47-61(68(55-34-17-5-18-35-55)56-36-19-6-20-37-56)66-63(64-52)60-43-25-42-59(67(53-30-13-3-14-31-53)54-32-15-4-16-33-54)48-62(65-60)69(57-38-21-7-22-39-57)58-40-23-8-24-41-58/h1-24,26-41,43,47-48,51H,25,42,44-46H2/b59-48+,60-43-,65-62+. The molecule has 9 aromatic rings. The molecule has 1 atom stereocenters. The minimum atomic E-state index is 0.202. The predicted octanol–water partition coefficient (Wildman–Crippen LogP) is 16.0. The number of para-hydroxylation sites is 6. The summed E-state index contributed by atoms with van der Waals surface area (Å²) in [7, 11) is 0. The van der Waals surface area contributed by atoms with Crippen LogP contribution in [-0.2, 0) is 12.8 Å². The average Bonchev–Trinajstić information content (AvgIpc) is 3.41. The van der Waals surface area contributed by atoms with Gasteiger partial charge in [0.1, 0.15) is 17.4 Å². The smallest absolute Gasteiger partial charge is 0.180 e. The number of allylic oxidation sites excluding steroid dienone is 2. The molecule has 1 aliphatic heterocycles. The molecule has 1 unspecified atom stereocenters. The summed E-state index contributed by atoms with van der Waals surface area (Å²) in [6.07, 6.45) is 8.56. The minimum absolute atomic E-state index is 0.202. The van der Waals surface area contributed by atoms with Gasteiger partial charge < -0.3 is 4.90 Å². The topological polar surface area (TPSA) is 47.9 Å². The molecule has 0 saturated carbocycles. The zero-order valence-corrected chi connectivity index (χ0v) is 38.6. The Morgan fingerprint density at radius 3 is 1.33 bits per heavy atom. The number of aliphatic imine (C=N–C) groups is 1. The van der Waals surface area contributed by atoms with Crippen molar-refractivity contribution in [2.24, 2.45) is 4.99 Å². The van der Waals surface area contributed by atoms with Gasteiger partial charge in [-0.05, 0) is 122 Å². The van der Waals surface area contributed by atoms with E-state index in [4.69, 9.17) is 15.0 Å². The SMILES string of the molecule is C1=C(c2nc(CC(CCc3ccccc3)c3ccccc3)cc(N(c3ccccc3)c3ccccc3)n2)/N=C(N(c2ccccc2)c2ccccc2)\C=C(\N(c2ccccc2)c2ccccc2)CC\1. The second kappa shape index (κ2) is 21.8. The van der Waals surface area contributed by atoms with Gasteiger partial charge in [-0.3, -0.25) is 9.80 Å². The Balaban J connectivity index is 1.17. The van der Waals surface area contributed by atoms with Crippen LogP contribution in [0.4, 0.5) is 39.9 Å². The number of nitrogens with zero attached hydrogens (tertiary/aromatic N) is 6. The highest BCUT2D eigenvalue weighted by Gasteiger charge is 2.25. The Bertz CT molecular complexity index is 2990. The molecule has 336 valence electrons. The van der Waals surface area contributed by atoms with Crippen molar-refractivity contribution in [1.29, 1.82) is 0 Å². The highest BCUT2D eigenvalue weighted by atomic mass is 15.2. The van der Waals surface area contributed by atoms with Crippen LogP contribution in [0.3, 0.4) is 0 Å². The fourth-order valence-corrected chi connectivity index (χ4v) is 9.15. The Labute approximate surface area is 406 Å². The molecule has 0 saturated heterocycles. The largest absolute Gasteiger partial charge is 0.314 e. The summed E-state index contributed by atoms with van der Waals surface area (Å²) in [6.45, 7) is 0. The van der Waals surface area contributed by atoms with Crippen molar-refractivity contribution in [3.63, 3.8) is 0 Å². The number of aromatic nitrogens is 2. The van der Waals surface area contributed by atoms with Crippen molar-refractivity contribution in [3.05, 3.63) is 289 Å². The second-order valence-corrected chi connectivity index (χ2v) is 17.1. The van der Waals surface area contributed by atoms with Crippen LogP contribution >= 0.6 is 0 Å². The zero-order chi connectivity index (χ0) is 46.5. The molecule has 6 nitrogen and oxygen atoms in total. The molecule has 0 aliphatic carbocycles. The number of hydrogen-bond donors (Lipinski definition) is 0. The monoisotopic (exact) mass is 894 g/mol. The van der Waals surface area contributed by atoms with Crippen LogP contribution < -0.4 is 14.7 Å². The number of hydrogen-bond acceptors (Lipinski definition) is 6. The van der Waals surface area contributed by atoms with Gasteiger partial charge in [-0.25, -0.2) is 15.0 Å². The van der Waals surface area contributed by atoms with E-state index in [1.165, 1.54) is 11.1 Å². The van der Waals surface area contributed by atoms with Crippen molar-refractivity contribution in [3.8, 4) is 0 Å². The summed E-state index contributed by atoms with van der Waals surface area (Å²) in [6, 6.07) is 87.1. The molecule has 0 N–H and O–H groups in total. The van der Waals surface area contributed by atoms with Crippen molar-refractivity contribution in [1.82, 2.24) is 9.97 Å². The van der Waals surface area contributed by atoms with Gasteiger partial charge in [0.15, 0.2) is 5.82 Å². The molecule has 0 amide bonds. The van der Waals surface area contributed by atoms with Crippen molar-refractivity contribution in [2.75, 3.05) is 14.7 Å². The lowest BCUT2D eigenvalue weighted by molar-refractivity contribution is 0.611. The first-order chi connectivity index (χ1) is 34.2. The third-order valence-electron chi connectivity index (χ3n) is 12.4. The van der Waals surface area contributed by atoms with Crippen LogP contribution in [-0.4, -0.2) is 15.8 Å². The van der Waals surface area contributed by atoms with Gasteiger partial charge in [0, 0.05) is 57.7 Å². The lowest BCUT2D eigenvalue weighted by Crippen LogP contribution is -2.27. The molecule has 0 spiro atoms. The Kier molecular flexibility index (Phi) is 14.0. The lowest BCUT2D eigenvalue weighted by Gasteiger charge is -2.31. The molecule has 69 heavy (non-hydrogen) atoms. The summed E-state index contributed by atoms with van der Waals surface area (Å²) in [5.74, 6) is 2.30. The fourth-order valence-electron chi connectivity index (χ4n) is 9.15. The number of aryl methyl sites for hydroxylation is 1. The van der Waals surface area contributed by atoms with Crippen LogP contribution in [0.25, 0.3) is 5.70 Å². The summed E-state index contributed by atoms with van der Waals surface area (Å²) in [5.41, 5.74) is 11.5. The Morgan fingerprint density at radius 1 is 0.435 bits per heavy atom. The quantitative estimate of drug-likeness (QED) is 0.103. The fraction of sp³-hybridized carbons (Fsp3) is 0.0952. The van der Waals surface area contributed by atoms with Crippen molar-refractivity contribution in [2.45, 2.75) is 38.0 Å². The van der Waals surface area contributed by atoms with E-state index in [9.17, 15) is 0 Å². The van der Waals surface area contributed by atoms with E-state index in [1.807, 2.05) is 0 Å². The normalized spacial score (nSPS) is 15.2. The summed E-state index contributed by atoms with van der Waals surface area (Å²) >= 11 is 0. The molecule has 6 heteroatoms. The Hall–Kier alpha value is -8.61. The molecule has 10 rings (SSSR count). The molecule has 1 aliphatic rings. The van der Waals surface area contributed by atoms with Crippen molar-refractivity contribution < 1.29 is 0 Å². The minimum Gasteiger partial charge on any atom is -0.314 e. The number of amidine groups is 1. The maximum Gasteiger partial charge on any atom is 0.180 e. The molecular formula is C63H54N6. The second-order valence-electron chi connectivity index (χ2n) is 17.1. The molecular weight excluding hydrogens is 841 g/mol. The molecule has 1 aromatic heterocycles. The molecule has 0 fully saturated rings. The first-order valence-corrected chi connectivity index (χ1v) is 23.9. The van der Waals surface area contributed by atoms with Crippen LogP contribution in [0.1, 0.15) is 47.8 Å². The van der Waals surface area contributed by atoms with E-state index < -0.39 is 0 Å². The van der Waals surface area contributed by atoms with E-state index in [-0.39, 0.29) is 5.92 Å². The maximum absolute atomic E-state index is 5.74. The third-order valence-corrected chi connectivity index (χ3v) is 12.4. The molecule has 8 aromatic carbocycles. The van der Waals surface area contributed by atoms with Gasteiger partial charge in [0.2, 0.25) is 0 Å². The highest BCUT2D eigenvalue weighted by molar-refractivity contribution is 6.13. The van der Waals surface area contributed by atoms with Gasteiger partial charge in [0.05, 0.1) is 0 Å². The number of anilines is 7. The van der Waals surface area contributed by atoms with Gasteiger partial charge in [-0.1, -0.05) is 176 Å². The summed E-state index contributed by atoms with van der Waals surface area (Å²) in [4.78, 5) is 23.7. The van der Waals surface area contributed by atoms with E-state index in [1.54, 1.807) is 0 Å². The van der Waals surface area contributed by atoms with Crippen molar-refractivity contribution >= 4 is 51.5 Å². The van der Waals surface area contributed by atoms with E-state index in [2.05, 4.69) is 276 Å². The van der Waals surface area contributed by atoms with E-state index >= 15 is 0 Å². The van der Waals surface area contributed by atoms with Crippen LogP contribution in [0.5, 0.6) is 0 Å². The average molecular weight is 895 g/mol. The zero-order valence-electron chi connectivity index (χ0n) is 38.6. The van der Waals surface area contributed by atoms with Gasteiger partial charge in [-0.15, -0.1) is 0 Å². The first kappa shape index (κ1) is 44.2. The van der Waals surface area contributed by atoms with Crippen LogP contribution in [0.2, 0.25) is 0 Å². The molecule has 0 bridgehead atoms. The summed E-state index contributed by atoms with van der Waals surface area (Å²) < 4.78 is 0. The van der Waals surface area contributed by atoms with Crippen LogP contribution in [0.15, 0.2) is 272 Å².